The summed E-state index contributed by atoms with van der Waals surface area (Å²) in [6.45, 7) is 6.73. The first-order valence-corrected chi connectivity index (χ1v) is 8.44. The molecule has 0 bridgehead atoms. The fraction of sp³-hybridized carbons (Fsp3) is 0.238. The smallest absolute Gasteiger partial charge is 0.231 e. The summed E-state index contributed by atoms with van der Waals surface area (Å²) in [6, 6.07) is 8.32. The predicted octanol–water partition coefficient (Wildman–Crippen LogP) is 4.66. The molecule has 0 fully saturated rings. The van der Waals surface area contributed by atoms with Gasteiger partial charge in [0.05, 0.1) is 0 Å². The number of aryl methyl sites for hydroxylation is 1. The number of benzene rings is 2. The van der Waals surface area contributed by atoms with Crippen molar-refractivity contribution < 1.29 is 18.9 Å². The summed E-state index contributed by atoms with van der Waals surface area (Å²) >= 11 is 0. The van der Waals surface area contributed by atoms with Crippen LogP contribution in [0.25, 0.3) is 17.2 Å². The van der Waals surface area contributed by atoms with E-state index in [1.54, 1.807) is 0 Å². The average Bonchev–Trinajstić information content (AvgIpc) is 3.28. The molecule has 2 aromatic carbocycles. The van der Waals surface area contributed by atoms with Gasteiger partial charge >= 0.3 is 0 Å². The summed E-state index contributed by atoms with van der Waals surface area (Å²) < 4.78 is 22.2. The summed E-state index contributed by atoms with van der Waals surface area (Å²) in [5.74, 6) is 3.26. The zero-order chi connectivity index (χ0) is 17.0. The van der Waals surface area contributed by atoms with Crippen LogP contribution in [0.3, 0.4) is 0 Å². The van der Waals surface area contributed by atoms with Crippen molar-refractivity contribution in [3.63, 3.8) is 0 Å². The molecule has 4 heteroatoms. The van der Waals surface area contributed by atoms with Crippen LogP contribution in [0.4, 0.5) is 0 Å². The Hall–Kier alpha value is -2.88. The minimum Gasteiger partial charge on any atom is -0.454 e. The molecule has 2 aromatic rings. The number of fused-ring (bicyclic) bond motifs is 3. The van der Waals surface area contributed by atoms with E-state index in [4.69, 9.17) is 18.9 Å². The maximum absolute atomic E-state index is 5.66. The van der Waals surface area contributed by atoms with E-state index in [-0.39, 0.29) is 6.79 Å². The standard InChI is InChI=1S/C21H18O4/c1-3-14-16(6-7-18-21(14)25-11-22-18)15-5-4-13-8-19-20(24-10-23-19)9-17(13)12(15)2/h3,6-9H,1,4-5,10-11H2,2H3. The van der Waals surface area contributed by atoms with Gasteiger partial charge in [-0.3, -0.25) is 0 Å². The first-order valence-electron chi connectivity index (χ1n) is 8.44. The van der Waals surface area contributed by atoms with E-state index in [2.05, 4.69) is 31.7 Å². The van der Waals surface area contributed by atoms with Gasteiger partial charge in [-0.2, -0.15) is 0 Å². The second-order valence-corrected chi connectivity index (χ2v) is 6.43. The third-order valence-corrected chi connectivity index (χ3v) is 5.21. The number of hydrogen-bond acceptors (Lipinski definition) is 4. The molecule has 5 rings (SSSR count). The van der Waals surface area contributed by atoms with Gasteiger partial charge in [-0.15, -0.1) is 0 Å². The normalized spacial score (nSPS) is 16.8. The highest BCUT2D eigenvalue weighted by molar-refractivity contribution is 5.96. The second-order valence-electron chi connectivity index (χ2n) is 6.43. The molecule has 2 aliphatic heterocycles. The molecule has 0 radical (unpaired) electrons. The van der Waals surface area contributed by atoms with Crippen LogP contribution in [0, 0.1) is 0 Å². The minimum absolute atomic E-state index is 0.268. The molecule has 0 saturated carbocycles. The third kappa shape index (κ3) is 2.07. The Bertz CT molecular complexity index is 939. The van der Waals surface area contributed by atoms with E-state index in [9.17, 15) is 0 Å². The van der Waals surface area contributed by atoms with Gasteiger partial charge < -0.3 is 18.9 Å². The van der Waals surface area contributed by atoms with Crippen molar-refractivity contribution in [3.05, 3.63) is 53.1 Å². The van der Waals surface area contributed by atoms with Gasteiger partial charge in [-0.25, -0.2) is 0 Å². The number of rotatable bonds is 2. The highest BCUT2D eigenvalue weighted by Gasteiger charge is 2.26. The quantitative estimate of drug-likeness (QED) is 0.800. The summed E-state index contributed by atoms with van der Waals surface area (Å²) in [7, 11) is 0. The van der Waals surface area contributed by atoms with Crippen LogP contribution in [0.2, 0.25) is 0 Å². The summed E-state index contributed by atoms with van der Waals surface area (Å²) in [6.07, 6.45) is 3.81. The Morgan fingerprint density at radius 1 is 0.880 bits per heavy atom. The summed E-state index contributed by atoms with van der Waals surface area (Å²) in [5, 5.41) is 0. The molecule has 0 unspecified atom stereocenters. The maximum atomic E-state index is 5.66. The van der Waals surface area contributed by atoms with Crippen LogP contribution in [0.5, 0.6) is 23.0 Å². The van der Waals surface area contributed by atoms with E-state index in [1.165, 1.54) is 27.8 Å². The van der Waals surface area contributed by atoms with Crippen molar-refractivity contribution in [2.45, 2.75) is 19.8 Å². The number of ether oxygens (including phenoxy) is 4. The predicted molar refractivity (Wildman–Crippen MR) is 96.0 cm³/mol. The molecule has 3 aliphatic rings. The SMILES string of the molecule is C=Cc1c(C2=C(C)c3cc4c(cc3CC2)OCO4)ccc2c1OCO2. The van der Waals surface area contributed by atoms with Crippen LogP contribution in [0.1, 0.15) is 35.6 Å². The highest BCUT2D eigenvalue weighted by Crippen LogP contribution is 2.46. The van der Waals surface area contributed by atoms with Crippen LogP contribution in [0.15, 0.2) is 30.8 Å². The van der Waals surface area contributed by atoms with Crippen molar-refractivity contribution in [2.75, 3.05) is 13.6 Å². The van der Waals surface area contributed by atoms with E-state index in [0.717, 1.165) is 41.4 Å². The molecule has 1 aliphatic carbocycles. The molecule has 0 N–H and O–H groups in total. The van der Waals surface area contributed by atoms with Crippen molar-refractivity contribution in [1.29, 1.82) is 0 Å². The van der Waals surface area contributed by atoms with Gasteiger partial charge in [0, 0.05) is 5.56 Å². The minimum atomic E-state index is 0.268. The zero-order valence-electron chi connectivity index (χ0n) is 14.1. The molecule has 126 valence electrons. The van der Waals surface area contributed by atoms with E-state index in [1.807, 2.05) is 12.1 Å². The lowest BCUT2D eigenvalue weighted by Crippen LogP contribution is -2.04. The molecule has 4 nitrogen and oxygen atoms in total. The topological polar surface area (TPSA) is 36.9 Å². The van der Waals surface area contributed by atoms with Crippen molar-refractivity contribution in [3.8, 4) is 23.0 Å². The Morgan fingerprint density at radius 3 is 2.48 bits per heavy atom. The van der Waals surface area contributed by atoms with Gasteiger partial charge in [0.15, 0.2) is 23.0 Å². The molecule has 0 saturated heterocycles. The Morgan fingerprint density at radius 2 is 1.64 bits per heavy atom. The zero-order valence-corrected chi connectivity index (χ0v) is 14.1. The summed E-state index contributed by atoms with van der Waals surface area (Å²) in [5.41, 5.74) is 7.30. The second kappa shape index (κ2) is 5.31. The fourth-order valence-corrected chi connectivity index (χ4v) is 3.95. The molecule has 0 amide bonds. The molecule has 0 aromatic heterocycles. The average molecular weight is 334 g/mol. The van der Waals surface area contributed by atoms with Crippen LogP contribution >= 0.6 is 0 Å². The van der Waals surface area contributed by atoms with Crippen LogP contribution < -0.4 is 18.9 Å². The highest BCUT2D eigenvalue weighted by atomic mass is 16.7. The Labute approximate surface area is 146 Å². The first-order chi connectivity index (χ1) is 12.3. The van der Waals surface area contributed by atoms with Crippen molar-refractivity contribution in [1.82, 2.24) is 0 Å². The van der Waals surface area contributed by atoms with Crippen molar-refractivity contribution in [2.24, 2.45) is 0 Å². The Balaban J connectivity index is 1.68. The molecule has 0 spiro atoms. The summed E-state index contributed by atoms with van der Waals surface area (Å²) in [4.78, 5) is 0. The van der Waals surface area contributed by atoms with Gasteiger partial charge in [0.1, 0.15) is 0 Å². The molecular formula is C21H18O4. The van der Waals surface area contributed by atoms with Gasteiger partial charge in [-0.1, -0.05) is 18.7 Å². The first kappa shape index (κ1) is 14.5. The number of allylic oxidation sites excluding steroid dienone is 2. The Kier molecular flexibility index (Phi) is 3.07. The molecule has 25 heavy (non-hydrogen) atoms. The van der Waals surface area contributed by atoms with E-state index < -0.39 is 0 Å². The molecule has 2 heterocycles. The van der Waals surface area contributed by atoms with E-state index >= 15 is 0 Å². The maximum Gasteiger partial charge on any atom is 0.231 e. The van der Waals surface area contributed by atoms with Gasteiger partial charge in [-0.05, 0) is 65.8 Å². The van der Waals surface area contributed by atoms with E-state index in [0.29, 0.717) is 6.79 Å². The third-order valence-electron chi connectivity index (χ3n) is 5.21. The van der Waals surface area contributed by atoms with Crippen molar-refractivity contribution >= 4 is 17.2 Å². The van der Waals surface area contributed by atoms with Crippen LogP contribution in [-0.4, -0.2) is 13.6 Å². The lowest BCUT2D eigenvalue weighted by atomic mass is 9.81. The van der Waals surface area contributed by atoms with Gasteiger partial charge in [0.2, 0.25) is 13.6 Å². The lowest BCUT2D eigenvalue weighted by Gasteiger charge is -2.23. The number of hydrogen-bond donors (Lipinski definition) is 0. The van der Waals surface area contributed by atoms with Gasteiger partial charge in [0.25, 0.3) is 0 Å². The largest absolute Gasteiger partial charge is 0.454 e. The monoisotopic (exact) mass is 334 g/mol. The van der Waals surface area contributed by atoms with Crippen LogP contribution in [-0.2, 0) is 6.42 Å². The fourth-order valence-electron chi connectivity index (χ4n) is 3.95. The molecule has 0 atom stereocenters. The molecular weight excluding hydrogens is 316 g/mol. The lowest BCUT2D eigenvalue weighted by molar-refractivity contribution is 0.173.